The highest BCUT2D eigenvalue weighted by atomic mass is 35.5. The molecule has 0 spiro atoms. The third kappa shape index (κ3) is 4.64. The Morgan fingerprint density at radius 1 is 1.38 bits per heavy atom. The van der Waals surface area contributed by atoms with Crippen molar-refractivity contribution in [2.45, 2.75) is 37.2 Å². The number of aryl methyl sites for hydroxylation is 1. The van der Waals surface area contributed by atoms with Gasteiger partial charge in [-0.2, -0.15) is 0 Å². The van der Waals surface area contributed by atoms with Gasteiger partial charge in [-0.25, -0.2) is 4.79 Å². The molecule has 0 aliphatic heterocycles. The van der Waals surface area contributed by atoms with Crippen molar-refractivity contribution in [2.24, 2.45) is 11.8 Å². The SMILES string of the molecule is O=C(O)c1ccc(CCC[C@@H]2[C@@H](C#Cc3cccnc3)[C@H](O)C[C@@H]2Cl)s1. The summed E-state index contributed by atoms with van der Waals surface area (Å²) in [6, 6.07) is 7.25. The van der Waals surface area contributed by atoms with Gasteiger partial charge >= 0.3 is 5.97 Å². The fourth-order valence-corrected chi connectivity index (χ4v) is 4.72. The first-order chi connectivity index (χ1) is 12.5. The molecule has 0 bridgehead atoms. The summed E-state index contributed by atoms with van der Waals surface area (Å²) in [7, 11) is 0. The van der Waals surface area contributed by atoms with Gasteiger partial charge in [0.2, 0.25) is 0 Å². The number of thiophene rings is 1. The zero-order chi connectivity index (χ0) is 18.5. The van der Waals surface area contributed by atoms with Gasteiger partial charge in [-0.1, -0.05) is 11.8 Å². The topological polar surface area (TPSA) is 70.4 Å². The molecule has 2 aromatic heterocycles. The summed E-state index contributed by atoms with van der Waals surface area (Å²) in [6.07, 6.45) is 6.03. The van der Waals surface area contributed by atoms with E-state index in [9.17, 15) is 9.90 Å². The molecule has 2 N–H and O–H groups in total. The van der Waals surface area contributed by atoms with Crippen LogP contribution in [0.3, 0.4) is 0 Å². The number of halogens is 1. The molecule has 0 amide bonds. The van der Waals surface area contributed by atoms with Crippen molar-refractivity contribution in [3.8, 4) is 11.8 Å². The third-order valence-corrected chi connectivity index (χ3v) is 6.32. The van der Waals surface area contributed by atoms with Crippen molar-refractivity contribution in [3.05, 3.63) is 52.0 Å². The lowest BCUT2D eigenvalue weighted by Crippen LogP contribution is -2.19. The molecule has 4 atom stereocenters. The van der Waals surface area contributed by atoms with Gasteiger partial charge in [-0.05, 0) is 55.9 Å². The molecule has 0 saturated heterocycles. The molecule has 0 radical (unpaired) electrons. The number of hydrogen-bond donors (Lipinski definition) is 2. The molecule has 1 aliphatic carbocycles. The Labute approximate surface area is 161 Å². The van der Waals surface area contributed by atoms with Crippen molar-refractivity contribution in [1.82, 2.24) is 4.98 Å². The van der Waals surface area contributed by atoms with Gasteiger partial charge < -0.3 is 10.2 Å². The maximum atomic E-state index is 11.0. The molecule has 0 unspecified atom stereocenters. The van der Waals surface area contributed by atoms with Gasteiger partial charge in [0.15, 0.2) is 0 Å². The van der Waals surface area contributed by atoms with Crippen LogP contribution in [0.25, 0.3) is 0 Å². The average molecular weight is 390 g/mol. The summed E-state index contributed by atoms with van der Waals surface area (Å²) in [5, 5.41) is 19.2. The van der Waals surface area contributed by atoms with Crippen LogP contribution in [0.15, 0.2) is 36.7 Å². The van der Waals surface area contributed by atoms with Crippen LogP contribution in [0.1, 0.15) is 39.4 Å². The highest BCUT2D eigenvalue weighted by Crippen LogP contribution is 2.39. The van der Waals surface area contributed by atoms with Crippen LogP contribution in [-0.4, -0.2) is 32.6 Å². The number of rotatable bonds is 5. The molecule has 0 aromatic carbocycles. The van der Waals surface area contributed by atoms with Crippen LogP contribution in [0.4, 0.5) is 0 Å². The van der Waals surface area contributed by atoms with E-state index < -0.39 is 12.1 Å². The van der Waals surface area contributed by atoms with Gasteiger partial charge in [0.05, 0.1) is 12.0 Å². The Morgan fingerprint density at radius 2 is 2.23 bits per heavy atom. The second-order valence-corrected chi connectivity index (χ2v) is 8.21. The van der Waals surface area contributed by atoms with E-state index in [1.54, 1.807) is 18.5 Å². The first kappa shape index (κ1) is 18.9. The zero-order valence-corrected chi connectivity index (χ0v) is 15.7. The van der Waals surface area contributed by atoms with Crippen molar-refractivity contribution in [1.29, 1.82) is 0 Å². The largest absolute Gasteiger partial charge is 0.477 e. The van der Waals surface area contributed by atoms with Crippen molar-refractivity contribution in [2.75, 3.05) is 0 Å². The highest BCUT2D eigenvalue weighted by Gasteiger charge is 2.40. The van der Waals surface area contributed by atoms with Crippen LogP contribution in [0.5, 0.6) is 0 Å². The fraction of sp³-hybridized carbons (Fsp3) is 0.400. The van der Waals surface area contributed by atoms with Crippen LogP contribution >= 0.6 is 22.9 Å². The minimum Gasteiger partial charge on any atom is -0.477 e. The predicted molar refractivity (Wildman–Crippen MR) is 103 cm³/mol. The molecule has 3 rings (SSSR count). The maximum Gasteiger partial charge on any atom is 0.345 e. The van der Waals surface area contributed by atoms with Gasteiger partial charge in [-0.15, -0.1) is 22.9 Å². The second kappa shape index (κ2) is 8.68. The lowest BCUT2D eigenvalue weighted by molar-refractivity contribution is 0.0702. The Balaban J connectivity index is 1.61. The standard InChI is InChI=1S/C20H20ClNO3S/c21-17-11-18(23)16(8-6-13-3-2-10-22-12-13)15(17)5-1-4-14-7-9-19(26-14)20(24)25/h2-3,7,9-10,12,15-18,23H,1,4-5,11H2,(H,24,25)/t15-,16-,17+,18-/m1/s1. The number of carboxylic acids is 1. The van der Waals surface area contributed by atoms with Gasteiger partial charge in [0.1, 0.15) is 4.88 Å². The first-order valence-corrected chi connectivity index (χ1v) is 9.85. The van der Waals surface area contributed by atoms with Crippen LogP contribution in [-0.2, 0) is 6.42 Å². The summed E-state index contributed by atoms with van der Waals surface area (Å²) in [5.74, 6) is 5.40. The lowest BCUT2D eigenvalue weighted by atomic mass is 9.90. The third-order valence-electron chi connectivity index (χ3n) is 4.68. The van der Waals surface area contributed by atoms with Crippen LogP contribution in [0, 0.1) is 23.7 Å². The number of aromatic carboxylic acids is 1. The summed E-state index contributed by atoms with van der Waals surface area (Å²) in [5.41, 5.74) is 0.830. The molecule has 1 fully saturated rings. The van der Waals surface area contributed by atoms with Crippen LogP contribution in [0.2, 0.25) is 0 Å². The molecular weight excluding hydrogens is 370 g/mol. The number of aliphatic hydroxyl groups is 1. The van der Waals surface area contributed by atoms with Crippen LogP contribution < -0.4 is 0 Å². The molecular formula is C20H20ClNO3S. The average Bonchev–Trinajstić information content (AvgIpc) is 3.19. The number of pyridine rings is 1. The quantitative estimate of drug-likeness (QED) is 0.602. The Morgan fingerprint density at radius 3 is 2.92 bits per heavy atom. The monoisotopic (exact) mass is 389 g/mol. The van der Waals surface area contributed by atoms with Gasteiger partial charge in [-0.3, -0.25) is 4.98 Å². The minimum absolute atomic E-state index is 0.0869. The molecule has 136 valence electrons. The summed E-state index contributed by atoms with van der Waals surface area (Å²) in [4.78, 5) is 16.4. The summed E-state index contributed by atoms with van der Waals surface area (Å²) < 4.78 is 0. The molecule has 6 heteroatoms. The van der Waals surface area contributed by atoms with E-state index >= 15 is 0 Å². The number of alkyl halides is 1. The summed E-state index contributed by atoms with van der Waals surface area (Å²) >= 11 is 7.78. The minimum atomic E-state index is -0.883. The van der Waals surface area contributed by atoms with Gasteiger partial charge in [0.25, 0.3) is 0 Å². The molecule has 1 aliphatic rings. The Bertz CT molecular complexity index is 811. The van der Waals surface area contributed by atoms with E-state index in [1.807, 2.05) is 18.2 Å². The van der Waals surface area contributed by atoms with E-state index in [2.05, 4.69) is 16.8 Å². The number of carboxylic acid groups (broad SMARTS) is 1. The molecule has 2 aromatic rings. The first-order valence-electron chi connectivity index (χ1n) is 8.60. The molecule has 2 heterocycles. The molecule has 26 heavy (non-hydrogen) atoms. The van der Waals surface area contributed by atoms with Gasteiger partial charge in [0, 0.05) is 28.2 Å². The number of aliphatic hydroxyl groups excluding tert-OH is 1. The Kier molecular flexibility index (Phi) is 6.31. The lowest BCUT2D eigenvalue weighted by Gasteiger charge is -2.18. The number of nitrogens with zero attached hydrogens (tertiary/aromatic N) is 1. The van der Waals surface area contributed by atoms with E-state index in [4.69, 9.17) is 16.7 Å². The van der Waals surface area contributed by atoms with Crippen molar-refractivity contribution < 1.29 is 15.0 Å². The normalized spacial score (nSPS) is 24.8. The van der Waals surface area contributed by atoms with E-state index in [-0.39, 0.29) is 17.2 Å². The maximum absolute atomic E-state index is 11.0. The van der Waals surface area contributed by atoms with Crippen molar-refractivity contribution >= 4 is 28.9 Å². The number of hydrogen-bond acceptors (Lipinski definition) is 4. The molecule has 1 saturated carbocycles. The zero-order valence-electron chi connectivity index (χ0n) is 14.1. The van der Waals surface area contributed by atoms with E-state index in [0.717, 1.165) is 29.7 Å². The smallest absolute Gasteiger partial charge is 0.345 e. The summed E-state index contributed by atoms with van der Waals surface area (Å²) in [6.45, 7) is 0. The van der Waals surface area contributed by atoms with E-state index in [0.29, 0.717) is 11.3 Å². The second-order valence-electron chi connectivity index (χ2n) is 6.48. The Hall–Kier alpha value is -1.87. The number of aromatic nitrogens is 1. The number of carbonyl (C=O) groups is 1. The van der Waals surface area contributed by atoms with E-state index in [1.165, 1.54) is 11.3 Å². The fourth-order valence-electron chi connectivity index (χ4n) is 3.37. The van der Waals surface area contributed by atoms with Crippen molar-refractivity contribution in [3.63, 3.8) is 0 Å². The predicted octanol–water partition coefficient (Wildman–Crippen LogP) is 3.82. The molecule has 4 nitrogen and oxygen atoms in total. The highest BCUT2D eigenvalue weighted by molar-refractivity contribution is 7.13.